The fourth-order valence-corrected chi connectivity index (χ4v) is 5.65. The molecule has 1 amide bonds. The van der Waals surface area contributed by atoms with Gasteiger partial charge in [0, 0.05) is 43.7 Å². The lowest BCUT2D eigenvalue weighted by Gasteiger charge is -2.30. The third-order valence-corrected chi connectivity index (χ3v) is 7.46. The van der Waals surface area contributed by atoms with Crippen molar-refractivity contribution in [2.24, 2.45) is 11.7 Å². The van der Waals surface area contributed by atoms with E-state index in [1.165, 1.54) is 0 Å². The van der Waals surface area contributed by atoms with Crippen molar-refractivity contribution in [2.45, 2.75) is 57.5 Å². The largest absolute Gasteiger partial charge is 0.481 e. The van der Waals surface area contributed by atoms with Crippen LogP contribution >= 0.6 is 0 Å². The van der Waals surface area contributed by atoms with E-state index in [4.69, 9.17) is 24.7 Å². The monoisotopic (exact) mass is 521 g/mol. The molecule has 37 heavy (non-hydrogen) atoms. The van der Waals surface area contributed by atoms with Gasteiger partial charge in [-0.1, -0.05) is 13.3 Å². The first-order chi connectivity index (χ1) is 18.0. The highest BCUT2D eigenvalue weighted by Gasteiger charge is 2.47. The Bertz CT molecular complexity index is 939. The Labute approximate surface area is 217 Å². The molecule has 0 spiro atoms. The molecule has 0 radical (unpaired) electrons. The van der Waals surface area contributed by atoms with E-state index < -0.39 is 23.8 Å². The number of carbonyl (C=O) groups is 2. The number of likely N-dealkylation sites (tertiary alicyclic amines) is 1. The number of unbranched alkanes of at least 4 members (excludes halogenated alkanes) is 1. The first kappa shape index (κ1) is 27.6. The lowest BCUT2D eigenvalue weighted by molar-refractivity contribution is -0.144. The van der Waals surface area contributed by atoms with Gasteiger partial charge in [-0.25, -0.2) is 0 Å². The molecule has 4 rings (SSSR count). The number of aliphatic carboxylic acids is 1. The summed E-state index contributed by atoms with van der Waals surface area (Å²) in [5.41, 5.74) is 7.07. The number of carboxylic acids is 1. The third-order valence-electron chi connectivity index (χ3n) is 7.46. The topological polar surface area (TPSA) is 144 Å². The summed E-state index contributed by atoms with van der Waals surface area (Å²) >= 11 is 0. The molecule has 0 aliphatic carbocycles. The zero-order valence-corrected chi connectivity index (χ0v) is 21.5. The van der Waals surface area contributed by atoms with Crippen LogP contribution in [0.25, 0.3) is 0 Å². The highest BCUT2D eigenvalue weighted by Crippen LogP contribution is 2.45. The first-order valence-corrected chi connectivity index (χ1v) is 13.2. The molecule has 3 aliphatic rings. The summed E-state index contributed by atoms with van der Waals surface area (Å²) in [7, 11) is 0. The molecular formula is C26H39N3O8. The molecule has 2 saturated heterocycles. The molecule has 1 aromatic carbocycles. The number of amides is 1. The highest BCUT2D eigenvalue weighted by molar-refractivity contribution is 5.79. The van der Waals surface area contributed by atoms with E-state index in [2.05, 4.69) is 6.92 Å². The molecule has 3 atom stereocenters. The second-order valence-corrected chi connectivity index (χ2v) is 9.81. The number of fused-ring (bicyclic) bond motifs is 1. The van der Waals surface area contributed by atoms with E-state index in [0.717, 1.165) is 18.4 Å². The number of nitrogens with zero attached hydrogens (tertiary/aromatic N) is 2. The number of aliphatic hydroxyl groups excluding tert-OH is 1. The van der Waals surface area contributed by atoms with Crippen LogP contribution in [0.3, 0.4) is 0 Å². The minimum Gasteiger partial charge on any atom is -0.481 e. The normalized spacial score (nSPS) is 23.6. The Morgan fingerprint density at radius 3 is 2.62 bits per heavy atom. The fourth-order valence-electron chi connectivity index (χ4n) is 5.65. The lowest BCUT2D eigenvalue weighted by Crippen LogP contribution is -2.45. The molecule has 3 aliphatic heterocycles. The first-order valence-electron chi connectivity index (χ1n) is 13.2. The maximum absolute atomic E-state index is 13.3. The lowest BCUT2D eigenvalue weighted by atomic mass is 9.83. The summed E-state index contributed by atoms with van der Waals surface area (Å²) in [5.74, 6) is -1.16. The SMILES string of the molecule is CCCCN(CCN)C(=O)CN1C[C@H](c2cc(CO)c3c(c2)OCO3)[C@@H](C(=O)O)[C@@H]1CCC1OCCO1. The average Bonchev–Trinajstić information content (AvgIpc) is 3.64. The predicted octanol–water partition coefficient (Wildman–Crippen LogP) is 1.12. The Morgan fingerprint density at radius 2 is 1.95 bits per heavy atom. The van der Waals surface area contributed by atoms with Crippen LogP contribution in [0.15, 0.2) is 12.1 Å². The summed E-state index contributed by atoms with van der Waals surface area (Å²) in [6.07, 6.45) is 2.53. The maximum Gasteiger partial charge on any atom is 0.308 e. The molecule has 11 heteroatoms. The molecule has 0 saturated carbocycles. The van der Waals surface area contributed by atoms with Gasteiger partial charge in [0.25, 0.3) is 0 Å². The van der Waals surface area contributed by atoms with E-state index >= 15 is 0 Å². The van der Waals surface area contributed by atoms with E-state index in [1.807, 2.05) is 4.90 Å². The fraction of sp³-hybridized carbons (Fsp3) is 0.692. The van der Waals surface area contributed by atoms with E-state index in [1.54, 1.807) is 17.0 Å². The number of hydrogen-bond donors (Lipinski definition) is 3. The molecule has 4 N–H and O–H groups in total. The zero-order valence-electron chi connectivity index (χ0n) is 21.5. The molecule has 0 aromatic heterocycles. The van der Waals surface area contributed by atoms with Crippen molar-refractivity contribution in [3.8, 4) is 11.5 Å². The van der Waals surface area contributed by atoms with Crippen LogP contribution in [0, 0.1) is 5.92 Å². The molecule has 2 fully saturated rings. The van der Waals surface area contributed by atoms with Crippen molar-refractivity contribution < 1.29 is 38.7 Å². The summed E-state index contributed by atoms with van der Waals surface area (Å²) in [4.78, 5) is 29.8. The average molecular weight is 522 g/mol. The van der Waals surface area contributed by atoms with E-state index in [9.17, 15) is 19.8 Å². The summed E-state index contributed by atoms with van der Waals surface area (Å²) in [6.45, 7) is 4.88. The molecular weight excluding hydrogens is 482 g/mol. The van der Waals surface area contributed by atoms with Crippen molar-refractivity contribution in [3.63, 3.8) is 0 Å². The standard InChI is InChI=1S/C26H39N3O8/c1-2-3-7-28(8-6-27)22(31)14-29-13-19(17-11-18(15-30)25-21(12-17)36-16-37-25)24(26(32)33)20(29)4-5-23-34-9-10-35-23/h11-12,19-20,23-24,30H,2-10,13-16,27H2,1H3,(H,32,33)/t19-,20+,24-/m1/s1. The smallest absolute Gasteiger partial charge is 0.308 e. The summed E-state index contributed by atoms with van der Waals surface area (Å²) in [6, 6.07) is 3.20. The number of benzene rings is 1. The number of carboxylic acid groups (broad SMARTS) is 1. The van der Waals surface area contributed by atoms with Crippen LogP contribution in [0.4, 0.5) is 0 Å². The summed E-state index contributed by atoms with van der Waals surface area (Å²) < 4.78 is 22.2. The van der Waals surface area contributed by atoms with Crippen LogP contribution in [0.1, 0.15) is 49.7 Å². The maximum atomic E-state index is 13.3. The van der Waals surface area contributed by atoms with Crippen LogP contribution < -0.4 is 15.2 Å². The van der Waals surface area contributed by atoms with Gasteiger partial charge < -0.3 is 39.8 Å². The van der Waals surface area contributed by atoms with Crippen LogP contribution in [0.5, 0.6) is 11.5 Å². The van der Waals surface area contributed by atoms with E-state index in [0.29, 0.717) is 69.3 Å². The number of rotatable bonds is 13. The van der Waals surface area contributed by atoms with Gasteiger partial charge in [0.2, 0.25) is 12.7 Å². The van der Waals surface area contributed by atoms with Crippen molar-refractivity contribution in [2.75, 3.05) is 52.7 Å². The molecule has 206 valence electrons. The van der Waals surface area contributed by atoms with Crippen LogP contribution in [-0.4, -0.2) is 97.0 Å². The molecule has 0 unspecified atom stereocenters. The molecule has 0 bridgehead atoms. The van der Waals surface area contributed by atoms with Gasteiger partial charge in [0.15, 0.2) is 17.8 Å². The van der Waals surface area contributed by atoms with Gasteiger partial charge >= 0.3 is 5.97 Å². The van der Waals surface area contributed by atoms with Gasteiger partial charge in [-0.2, -0.15) is 0 Å². The van der Waals surface area contributed by atoms with Gasteiger partial charge in [0.05, 0.1) is 32.3 Å². The minimum absolute atomic E-state index is 0.0520. The van der Waals surface area contributed by atoms with Crippen molar-refractivity contribution >= 4 is 11.9 Å². The van der Waals surface area contributed by atoms with Crippen molar-refractivity contribution in [1.29, 1.82) is 0 Å². The number of hydrogen-bond acceptors (Lipinski definition) is 9. The number of ether oxygens (including phenoxy) is 4. The van der Waals surface area contributed by atoms with Crippen molar-refractivity contribution in [3.05, 3.63) is 23.3 Å². The van der Waals surface area contributed by atoms with Gasteiger partial charge in [0.1, 0.15) is 0 Å². The summed E-state index contributed by atoms with van der Waals surface area (Å²) in [5, 5.41) is 20.3. The molecule has 1 aromatic rings. The van der Waals surface area contributed by atoms with Crippen molar-refractivity contribution in [1.82, 2.24) is 9.80 Å². The van der Waals surface area contributed by atoms with E-state index in [-0.39, 0.29) is 32.1 Å². The molecule has 11 nitrogen and oxygen atoms in total. The van der Waals surface area contributed by atoms with Gasteiger partial charge in [-0.15, -0.1) is 0 Å². The quantitative estimate of drug-likeness (QED) is 0.345. The zero-order chi connectivity index (χ0) is 26.4. The Hall–Kier alpha value is -2.44. The predicted molar refractivity (Wildman–Crippen MR) is 133 cm³/mol. The van der Waals surface area contributed by atoms with Gasteiger partial charge in [-0.3, -0.25) is 14.5 Å². The Morgan fingerprint density at radius 1 is 1.16 bits per heavy atom. The third kappa shape index (κ3) is 6.35. The number of nitrogens with two attached hydrogens (primary N) is 1. The molecule has 3 heterocycles. The second-order valence-electron chi connectivity index (χ2n) is 9.81. The number of aliphatic hydroxyl groups is 1. The number of carbonyl (C=O) groups excluding carboxylic acids is 1. The van der Waals surface area contributed by atoms with Crippen LogP contribution in [0.2, 0.25) is 0 Å². The Balaban J connectivity index is 1.61. The van der Waals surface area contributed by atoms with Crippen LogP contribution in [-0.2, 0) is 25.7 Å². The van der Waals surface area contributed by atoms with Gasteiger partial charge in [-0.05, 0) is 37.0 Å². The minimum atomic E-state index is -0.925. The Kier molecular flexibility index (Phi) is 9.60. The highest BCUT2D eigenvalue weighted by atomic mass is 16.7. The second kappa shape index (κ2) is 12.9.